The number of carboxylic acids is 1. The highest BCUT2D eigenvalue weighted by Crippen LogP contribution is 2.67. The highest BCUT2D eigenvalue weighted by atomic mass is 16.5. The Morgan fingerprint density at radius 2 is 1.86 bits per heavy atom. The van der Waals surface area contributed by atoms with Crippen molar-refractivity contribution in [1.29, 1.82) is 0 Å². The zero-order chi connectivity index (χ0) is 25.7. The second kappa shape index (κ2) is 7.61. The summed E-state index contributed by atoms with van der Waals surface area (Å²) in [5.74, 6) is -0.543. The van der Waals surface area contributed by atoms with Crippen molar-refractivity contribution >= 4 is 11.9 Å². The Kier molecular flexibility index (Phi) is 5.31. The summed E-state index contributed by atoms with van der Waals surface area (Å²) in [6.07, 6.45) is 3.73. The van der Waals surface area contributed by atoms with Crippen LogP contribution < -0.4 is 4.74 Å². The van der Waals surface area contributed by atoms with E-state index in [1.807, 2.05) is 0 Å². The number of hydrogen-bond donors (Lipinski definition) is 3. The molecule has 1 aromatic carbocycles. The number of benzene rings is 1. The van der Waals surface area contributed by atoms with E-state index in [1.54, 1.807) is 13.8 Å². The number of aliphatic hydroxyl groups is 1. The summed E-state index contributed by atoms with van der Waals surface area (Å²) in [5.41, 5.74) is 0.751. The van der Waals surface area contributed by atoms with E-state index in [2.05, 4.69) is 27.7 Å². The predicted octanol–water partition coefficient (Wildman–Crippen LogP) is 4.36. The van der Waals surface area contributed by atoms with Crippen LogP contribution in [0.15, 0.2) is 6.07 Å². The van der Waals surface area contributed by atoms with E-state index >= 15 is 0 Å². The van der Waals surface area contributed by atoms with Crippen LogP contribution in [0, 0.1) is 28.6 Å². The molecule has 192 valence electrons. The van der Waals surface area contributed by atoms with Crippen molar-refractivity contribution in [2.75, 3.05) is 0 Å². The van der Waals surface area contributed by atoms with Gasteiger partial charge in [-0.05, 0) is 54.9 Å². The maximum atomic E-state index is 13.3. The van der Waals surface area contributed by atoms with Crippen molar-refractivity contribution in [3.63, 3.8) is 0 Å². The fraction of sp³-hybridized carbons (Fsp3) is 0.714. The molecule has 1 aromatic rings. The molecule has 1 amide bonds. The van der Waals surface area contributed by atoms with Crippen LogP contribution in [-0.2, 0) is 17.8 Å². The van der Waals surface area contributed by atoms with Crippen LogP contribution >= 0.6 is 0 Å². The maximum absolute atomic E-state index is 13.3. The molecule has 2 aliphatic carbocycles. The van der Waals surface area contributed by atoms with Gasteiger partial charge in [-0.15, -0.1) is 0 Å². The van der Waals surface area contributed by atoms with Gasteiger partial charge in [-0.25, -0.2) is 4.79 Å². The van der Waals surface area contributed by atoms with E-state index < -0.39 is 17.6 Å². The minimum atomic E-state index is -1.03. The lowest BCUT2D eigenvalue weighted by atomic mass is 9.43. The van der Waals surface area contributed by atoms with Gasteiger partial charge in [-0.3, -0.25) is 4.79 Å². The molecular formula is C28H39NO6. The van der Waals surface area contributed by atoms with Crippen molar-refractivity contribution in [1.82, 2.24) is 4.90 Å². The molecule has 2 aliphatic heterocycles. The maximum Gasteiger partial charge on any atom is 0.326 e. The molecule has 7 nitrogen and oxygen atoms in total. The van der Waals surface area contributed by atoms with E-state index in [0.29, 0.717) is 29.7 Å². The summed E-state index contributed by atoms with van der Waals surface area (Å²) in [4.78, 5) is 26.7. The SMILES string of the molecule is CC(C)[C@H](C(=O)O)N1Cc2c(cc(O)c3c2O[C@]2(C3)[C@H](C)CC[C@@H]3C(C)(C)[C@H](O)CC[C@]32C)C1=O. The average molecular weight is 486 g/mol. The fourth-order valence-electron chi connectivity index (χ4n) is 8.29. The third-order valence-corrected chi connectivity index (χ3v) is 10.3. The van der Waals surface area contributed by atoms with Crippen molar-refractivity contribution in [3.8, 4) is 11.5 Å². The van der Waals surface area contributed by atoms with Crippen LogP contribution in [0.25, 0.3) is 0 Å². The summed E-state index contributed by atoms with van der Waals surface area (Å²) in [5, 5.41) is 31.8. The first-order valence-electron chi connectivity index (χ1n) is 13.0. The number of aromatic hydroxyl groups is 1. The van der Waals surface area contributed by atoms with Crippen molar-refractivity contribution in [2.45, 2.75) is 97.9 Å². The van der Waals surface area contributed by atoms with Gasteiger partial charge in [0.2, 0.25) is 0 Å². The molecule has 2 saturated carbocycles. The lowest BCUT2D eigenvalue weighted by Gasteiger charge is -2.64. The summed E-state index contributed by atoms with van der Waals surface area (Å²) >= 11 is 0. The normalized spacial score (nSPS) is 36.1. The third kappa shape index (κ3) is 3.06. The second-order valence-electron chi connectivity index (χ2n) is 12.7. The van der Waals surface area contributed by atoms with Gasteiger partial charge in [0, 0.05) is 23.0 Å². The van der Waals surface area contributed by atoms with E-state index in [1.165, 1.54) is 11.0 Å². The number of amides is 1. The number of phenols is 1. The molecule has 3 N–H and O–H groups in total. The zero-order valence-corrected chi connectivity index (χ0v) is 21.7. The van der Waals surface area contributed by atoms with Crippen LogP contribution in [0.5, 0.6) is 11.5 Å². The molecule has 0 unspecified atom stereocenters. The third-order valence-electron chi connectivity index (χ3n) is 10.3. The average Bonchev–Trinajstić information content (AvgIpc) is 3.31. The first-order valence-corrected chi connectivity index (χ1v) is 13.0. The Balaban J connectivity index is 1.59. The van der Waals surface area contributed by atoms with Gasteiger partial charge < -0.3 is 25.0 Å². The van der Waals surface area contributed by atoms with Crippen molar-refractivity contribution in [2.24, 2.45) is 28.6 Å². The predicted molar refractivity (Wildman–Crippen MR) is 130 cm³/mol. The van der Waals surface area contributed by atoms with Crippen LogP contribution in [0.2, 0.25) is 0 Å². The smallest absolute Gasteiger partial charge is 0.326 e. The van der Waals surface area contributed by atoms with Crippen LogP contribution in [0.1, 0.15) is 88.7 Å². The Morgan fingerprint density at radius 3 is 2.49 bits per heavy atom. The summed E-state index contributed by atoms with van der Waals surface area (Å²) in [6.45, 7) is 12.6. The van der Waals surface area contributed by atoms with Crippen molar-refractivity contribution < 1.29 is 29.6 Å². The molecule has 2 heterocycles. The molecule has 0 bridgehead atoms. The molecule has 2 fully saturated rings. The van der Waals surface area contributed by atoms with Crippen molar-refractivity contribution in [3.05, 3.63) is 22.8 Å². The summed E-state index contributed by atoms with van der Waals surface area (Å²) < 4.78 is 7.00. The Labute approximate surface area is 207 Å². The standard InChI is InChI=1S/C28H39NO6/c1-14(2)22(25(33)34)29-13-18-16(24(29)32)11-19(30)17-12-28(35-23(17)18)15(3)7-8-20-26(4,5)21(31)9-10-27(20,28)6/h11,14-15,20-22,30-31H,7-10,12-13H2,1-6H3,(H,33,34)/t15-,20-,21-,22-,27-,28-/m1/s1. The molecule has 35 heavy (non-hydrogen) atoms. The minimum absolute atomic E-state index is 0.0512. The fourth-order valence-corrected chi connectivity index (χ4v) is 8.29. The van der Waals surface area contributed by atoms with Gasteiger partial charge in [0.25, 0.3) is 5.91 Å². The van der Waals surface area contributed by atoms with Gasteiger partial charge in [0.05, 0.1) is 18.2 Å². The summed E-state index contributed by atoms with van der Waals surface area (Å²) in [7, 11) is 0. The number of nitrogens with zero attached hydrogens (tertiary/aromatic N) is 1. The number of aliphatic hydroxyl groups excluding tert-OH is 1. The number of fused-ring (bicyclic) bond motifs is 5. The Hall–Kier alpha value is -2.28. The molecule has 7 heteroatoms. The lowest BCUT2D eigenvalue weighted by molar-refractivity contribution is -0.210. The topological polar surface area (TPSA) is 107 Å². The number of hydrogen-bond acceptors (Lipinski definition) is 5. The number of phenolic OH excluding ortho intramolecular Hbond substituents is 1. The number of ether oxygens (including phenoxy) is 1. The highest BCUT2D eigenvalue weighted by molar-refractivity contribution is 6.02. The number of carbonyl (C=O) groups excluding carboxylic acids is 1. The number of rotatable bonds is 3. The highest BCUT2D eigenvalue weighted by Gasteiger charge is 2.67. The first kappa shape index (κ1) is 24.4. The minimum Gasteiger partial charge on any atom is -0.508 e. The van der Waals surface area contributed by atoms with Gasteiger partial charge >= 0.3 is 5.97 Å². The van der Waals surface area contributed by atoms with E-state index in [4.69, 9.17) is 4.74 Å². The van der Waals surface area contributed by atoms with Gasteiger partial charge in [-0.2, -0.15) is 0 Å². The molecule has 6 atom stereocenters. The van der Waals surface area contributed by atoms with E-state index in [0.717, 1.165) is 24.8 Å². The van der Waals surface area contributed by atoms with Crippen LogP contribution in [-0.4, -0.2) is 49.8 Å². The number of carboxylic acid groups (broad SMARTS) is 1. The molecular weight excluding hydrogens is 446 g/mol. The molecule has 0 saturated heterocycles. The molecule has 4 aliphatic rings. The largest absolute Gasteiger partial charge is 0.508 e. The second-order valence-corrected chi connectivity index (χ2v) is 12.7. The molecule has 1 spiro atoms. The zero-order valence-electron chi connectivity index (χ0n) is 21.7. The monoisotopic (exact) mass is 485 g/mol. The van der Waals surface area contributed by atoms with E-state index in [9.17, 15) is 24.9 Å². The Morgan fingerprint density at radius 1 is 1.17 bits per heavy atom. The van der Waals surface area contributed by atoms with Crippen LogP contribution in [0.4, 0.5) is 0 Å². The number of carbonyl (C=O) groups is 2. The summed E-state index contributed by atoms with van der Waals surface area (Å²) in [6, 6.07) is 0.569. The van der Waals surface area contributed by atoms with E-state index in [-0.39, 0.29) is 52.9 Å². The first-order chi connectivity index (χ1) is 16.3. The number of aliphatic carboxylic acids is 1. The lowest BCUT2D eigenvalue weighted by Crippen LogP contribution is -2.66. The van der Waals surface area contributed by atoms with Crippen LogP contribution in [0.3, 0.4) is 0 Å². The Bertz CT molecular complexity index is 1100. The van der Waals surface area contributed by atoms with Gasteiger partial charge in [-0.1, -0.05) is 41.5 Å². The van der Waals surface area contributed by atoms with Gasteiger partial charge in [0.15, 0.2) is 0 Å². The van der Waals surface area contributed by atoms with Gasteiger partial charge in [0.1, 0.15) is 23.1 Å². The molecule has 0 radical (unpaired) electrons. The quantitative estimate of drug-likeness (QED) is 0.587. The molecule has 5 rings (SSSR count). The molecule has 0 aromatic heterocycles.